The van der Waals surface area contributed by atoms with Crippen LogP contribution in [0, 0.1) is 41.5 Å². The van der Waals surface area contributed by atoms with Gasteiger partial charge in [-0.1, -0.05) is 82.0 Å². The summed E-state index contributed by atoms with van der Waals surface area (Å²) in [5.41, 5.74) is 81.9. The summed E-state index contributed by atoms with van der Waals surface area (Å²) in [4.78, 5) is 25.8. The molecule has 0 amide bonds. The van der Waals surface area contributed by atoms with Gasteiger partial charge in [-0.15, -0.1) is 34.0 Å². The number of rotatable bonds is 14. The minimum atomic E-state index is -1.01. The minimum Gasteiger partial charge on any atom is -0.478 e. The van der Waals surface area contributed by atoms with E-state index < -0.39 is 11.9 Å². The molecule has 0 radical (unpaired) electrons. The van der Waals surface area contributed by atoms with E-state index in [0.717, 1.165) is 48.5 Å². The molecule has 0 atom stereocenters. The number of thiophene rings is 4. The van der Waals surface area contributed by atoms with Crippen molar-refractivity contribution in [2.24, 2.45) is 68.8 Å². The molecule has 100 heavy (non-hydrogen) atoms. The molecular formula is C76H112N12O8S4. The van der Waals surface area contributed by atoms with Crippen LogP contribution in [-0.4, -0.2) is 48.3 Å². The normalized spacial score (nSPS) is 12.5. The number of aryl methyl sites for hydroxylation is 6. The van der Waals surface area contributed by atoms with Gasteiger partial charge in [-0.25, -0.2) is 9.59 Å². The van der Waals surface area contributed by atoms with Crippen molar-refractivity contribution >= 4 is 57.3 Å². The fourth-order valence-corrected chi connectivity index (χ4v) is 11.5. The van der Waals surface area contributed by atoms with Crippen molar-refractivity contribution in [2.45, 2.75) is 147 Å². The number of hydrogen-bond acceptors (Lipinski definition) is 22. The number of hydrogen-bond donors (Lipinski definition) is 14. The third-order valence-corrected chi connectivity index (χ3v) is 18.0. The first-order chi connectivity index (χ1) is 47.8. The van der Waals surface area contributed by atoms with E-state index in [2.05, 4.69) is 154 Å². The van der Waals surface area contributed by atoms with Gasteiger partial charge in [0.15, 0.2) is 0 Å². The van der Waals surface area contributed by atoms with E-state index in [1.54, 1.807) is 51.6 Å². The van der Waals surface area contributed by atoms with Crippen molar-refractivity contribution < 1.29 is 37.5 Å². The Bertz CT molecular complexity index is 3600. The molecule has 4 aliphatic rings. The summed E-state index contributed by atoms with van der Waals surface area (Å²) in [5.74, 6) is 1.17. The summed E-state index contributed by atoms with van der Waals surface area (Å²) in [6, 6.07) is 15.5. The summed E-state index contributed by atoms with van der Waals surface area (Å²) in [6.45, 7) is 27.6. The molecule has 0 unspecified atom stereocenters. The Balaban J connectivity index is 0.000000546. The maximum absolute atomic E-state index is 10.3. The Hall–Kier alpha value is -7.70. The molecule has 0 fully saturated rings. The first-order valence-electron chi connectivity index (χ1n) is 32.5. The zero-order valence-corrected chi connectivity index (χ0v) is 63.3. The van der Waals surface area contributed by atoms with Gasteiger partial charge in [0.05, 0.1) is 31.2 Å². The molecule has 0 bridgehead atoms. The van der Waals surface area contributed by atoms with Gasteiger partial charge in [-0.05, 0) is 198 Å². The van der Waals surface area contributed by atoms with Crippen molar-refractivity contribution in [1.82, 2.24) is 0 Å². The van der Waals surface area contributed by atoms with Gasteiger partial charge >= 0.3 is 11.9 Å². The van der Waals surface area contributed by atoms with Crippen LogP contribution in [-0.2, 0) is 52.4 Å². The molecule has 24 heteroatoms. The van der Waals surface area contributed by atoms with E-state index in [4.69, 9.17) is 92.3 Å². The highest BCUT2D eigenvalue weighted by molar-refractivity contribution is 7.12. The second-order valence-corrected chi connectivity index (χ2v) is 27.0. The Labute approximate surface area is 608 Å². The van der Waals surface area contributed by atoms with Crippen molar-refractivity contribution in [3.63, 3.8) is 0 Å². The monoisotopic (exact) mass is 1450 g/mol. The Kier molecular flexibility index (Phi) is 48.0. The smallest absolute Gasteiger partial charge is 0.339 e. The zero-order chi connectivity index (χ0) is 75.0. The number of allylic oxidation sites excluding steroid dienone is 10. The highest BCUT2D eigenvalue weighted by Gasteiger charge is 2.10. The number of carbonyl (C=O) groups is 2. The molecule has 0 aromatic carbocycles. The molecule has 8 aromatic heterocycles. The highest BCUT2D eigenvalue weighted by Crippen LogP contribution is 2.20. The predicted octanol–water partition coefficient (Wildman–Crippen LogP) is 13.9. The molecule has 8 aromatic rings. The summed E-state index contributed by atoms with van der Waals surface area (Å²) in [7, 11) is 0. The lowest BCUT2D eigenvalue weighted by atomic mass is 10.2. The summed E-state index contributed by atoms with van der Waals surface area (Å²) in [5, 5.41) is 25.3. The number of carboxylic acids is 2. The first-order valence-corrected chi connectivity index (χ1v) is 36.0. The maximum Gasteiger partial charge on any atom is 0.339 e. The van der Waals surface area contributed by atoms with E-state index in [1.165, 1.54) is 111 Å². The SMILES string of the molecule is CC1=CC(CN)=CC1.CC1=CC=C(CN)C1.CC1=CCC(CN)=C1.CC1=CCC=C1CN.Cc1cc(CN)co1.Cc1cc(CN)cs1.Cc1ccc(CN)o1.Cc1ccc(CN)s1.Cc1csc(CN)c1.Cc1cscc1CN.NCc1cc(C(=O)O)co1.NCc1cocc1C(=O)O. The summed E-state index contributed by atoms with van der Waals surface area (Å²) >= 11 is 6.95. The molecule has 548 valence electrons. The van der Waals surface area contributed by atoms with E-state index >= 15 is 0 Å². The van der Waals surface area contributed by atoms with Crippen molar-refractivity contribution in [3.8, 4) is 0 Å². The number of aromatic carboxylic acids is 2. The highest BCUT2D eigenvalue weighted by atomic mass is 32.1. The molecular weight excluding hydrogens is 1340 g/mol. The van der Waals surface area contributed by atoms with Crippen LogP contribution in [0.5, 0.6) is 0 Å². The van der Waals surface area contributed by atoms with Gasteiger partial charge < -0.3 is 96.7 Å². The van der Waals surface area contributed by atoms with Crippen LogP contribution in [0.15, 0.2) is 206 Å². The standard InChI is InChI=1S/4C7H11N.2C6H7NO3.2C6H9NO.4C6H9NS/c3*1-6-2-3-7(4-6)5-8;1-6-3-2-4-7(6)5-8;7-2-5-1-4(3-10-5)6(8)9;7-1-4-2-10-3-5(4)6(8)9;1-5-2-6(3-7)4-8-5;1-5-2-3-6(4-7)8-5;1-5-3-8-4-6(5)2-7;1-5-2-6(3-7)4-8-5;1-5-2-6(3-7)8-4-5;1-5-2-3-6(4-7)8-5/h3-4H,2,5,8H2,1H3;2,4H,3,5,8H2,1H3;2-3H,4-5,8H2,1H3;3-4H,2,5,8H2,1H3;1,3H,2,7H2,(H,8,9);2-3H,1,7H2,(H,8,9);2,4H,3,7H2,1H3;2-3H,4,7H2,1H3;3-4H,2,7H2,1H3;2*2,4H,3,7H2,1H3;2-3H,4,7H2,1H3. The van der Waals surface area contributed by atoms with Gasteiger partial charge in [0.25, 0.3) is 0 Å². The van der Waals surface area contributed by atoms with Gasteiger partial charge in [0, 0.05) is 96.1 Å². The van der Waals surface area contributed by atoms with E-state index in [-0.39, 0.29) is 24.2 Å². The lowest BCUT2D eigenvalue weighted by molar-refractivity contribution is 0.0684. The molecule has 12 rings (SSSR count). The summed E-state index contributed by atoms with van der Waals surface area (Å²) in [6.07, 6.45) is 27.0. The Morgan fingerprint density at radius 1 is 0.490 bits per heavy atom. The predicted molar refractivity (Wildman–Crippen MR) is 420 cm³/mol. The average Bonchev–Trinajstić information content (AvgIpc) is 1.78. The molecule has 0 spiro atoms. The fraction of sp³-hybridized carbons (Fsp3) is 0.342. The van der Waals surface area contributed by atoms with Crippen LogP contribution in [0.25, 0.3) is 0 Å². The quantitative estimate of drug-likeness (QED) is 0.0481. The first kappa shape index (κ1) is 90.3. The zero-order valence-electron chi connectivity index (χ0n) is 60.1. The van der Waals surface area contributed by atoms with E-state index in [9.17, 15) is 9.59 Å². The minimum absolute atomic E-state index is 0.139. The van der Waals surface area contributed by atoms with Crippen LogP contribution in [0.3, 0.4) is 0 Å². The van der Waals surface area contributed by atoms with Crippen LogP contribution >= 0.6 is 45.3 Å². The largest absolute Gasteiger partial charge is 0.478 e. The number of carboxylic acid groups (broad SMARTS) is 2. The lowest BCUT2D eigenvalue weighted by Gasteiger charge is -1.95. The number of furan rings is 4. The lowest BCUT2D eigenvalue weighted by Crippen LogP contribution is -2.03. The average molecular weight is 1450 g/mol. The van der Waals surface area contributed by atoms with Gasteiger partial charge in [-0.3, -0.25) is 0 Å². The third-order valence-electron chi connectivity index (χ3n) is 14.1. The van der Waals surface area contributed by atoms with Crippen LogP contribution < -0.4 is 68.8 Å². The molecule has 0 saturated heterocycles. The van der Waals surface area contributed by atoms with Gasteiger partial charge in [0.2, 0.25) is 0 Å². The van der Waals surface area contributed by atoms with Crippen LogP contribution in [0.2, 0.25) is 0 Å². The molecule has 26 N–H and O–H groups in total. The maximum atomic E-state index is 10.3. The van der Waals surface area contributed by atoms with Crippen LogP contribution in [0.1, 0.15) is 150 Å². The Morgan fingerprint density at radius 2 is 1.18 bits per heavy atom. The molecule has 20 nitrogen and oxygen atoms in total. The van der Waals surface area contributed by atoms with E-state index in [0.29, 0.717) is 76.8 Å². The Morgan fingerprint density at radius 3 is 1.45 bits per heavy atom. The van der Waals surface area contributed by atoms with Crippen molar-refractivity contribution in [2.75, 3.05) is 26.2 Å². The molecule has 8 heterocycles. The second-order valence-electron chi connectivity index (χ2n) is 22.8. The molecule has 4 aliphatic carbocycles. The molecule has 0 aliphatic heterocycles. The van der Waals surface area contributed by atoms with Gasteiger partial charge in [-0.2, -0.15) is 11.3 Å². The van der Waals surface area contributed by atoms with Crippen molar-refractivity contribution in [1.29, 1.82) is 0 Å². The fourth-order valence-electron chi connectivity index (χ4n) is 8.40. The van der Waals surface area contributed by atoms with Crippen molar-refractivity contribution in [3.05, 3.63) is 275 Å². The van der Waals surface area contributed by atoms with E-state index in [1.807, 2.05) is 32.0 Å². The second kappa shape index (κ2) is 53.2. The van der Waals surface area contributed by atoms with Crippen LogP contribution in [0.4, 0.5) is 0 Å². The third kappa shape index (κ3) is 39.3. The summed E-state index contributed by atoms with van der Waals surface area (Å²) < 4.78 is 19.5. The van der Waals surface area contributed by atoms with Gasteiger partial charge in [0.1, 0.15) is 41.1 Å². The number of nitrogens with two attached hydrogens (primary N) is 12. The topological polar surface area (TPSA) is 439 Å². The molecule has 0 saturated carbocycles.